The van der Waals surface area contributed by atoms with Crippen molar-refractivity contribution in [1.82, 2.24) is 9.62 Å². The zero-order chi connectivity index (χ0) is 15.8. The molecule has 1 fully saturated rings. The van der Waals surface area contributed by atoms with Crippen molar-refractivity contribution in [1.29, 1.82) is 0 Å². The molecular formula is C13H18ClF3N2O2S. The molecule has 1 aromatic carbocycles. The average Bonchev–Trinajstić information content (AvgIpc) is 2.37. The fraction of sp³-hybridized carbons (Fsp3) is 0.538. The van der Waals surface area contributed by atoms with E-state index in [1.54, 1.807) is 0 Å². The highest BCUT2D eigenvalue weighted by atomic mass is 35.5. The first-order chi connectivity index (χ1) is 9.62. The molecule has 0 radical (unpaired) electrons. The molecule has 1 aliphatic heterocycles. The first-order valence-electron chi connectivity index (χ1n) is 6.54. The summed E-state index contributed by atoms with van der Waals surface area (Å²) in [5, 5.41) is 3.09. The summed E-state index contributed by atoms with van der Waals surface area (Å²) < 4.78 is 64.8. The van der Waals surface area contributed by atoms with Crippen molar-refractivity contribution >= 4 is 22.4 Å². The monoisotopic (exact) mass is 358 g/mol. The third-order valence-corrected chi connectivity index (χ3v) is 5.34. The van der Waals surface area contributed by atoms with E-state index in [-0.39, 0.29) is 42.0 Å². The number of nitrogens with zero attached hydrogens (tertiary/aromatic N) is 1. The Morgan fingerprint density at radius 2 is 1.95 bits per heavy atom. The van der Waals surface area contributed by atoms with Crippen molar-refractivity contribution in [2.75, 3.05) is 19.6 Å². The maximum Gasteiger partial charge on any atom is 0.416 e. The Balaban J connectivity index is 0.00000242. The summed E-state index contributed by atoms with van der Waals surface area (Å²) in [4.78, 5) is -0.311. The molecule has 0 saturated carbocycles. The van der Waals surface area contributed by atoms with Crippen molar-refractivity contribution in [2.24, 2.45) is 0 Å². The molecule has 1 atom stereocenters. The molecule has 1 heterocycles. The molecule has 22 heavy (non-hydrogen) atoms. The Morgan fingerprint density at radius 3 is 2.50 bits per heavy atom. The van der Waals surface area contributed by atoms with E-state index in [1.165, 1.54) is 23.4 Å². The van der Waals surface area contributed by atoms with E-state index in [0.29, 0.717) is 6.54 Å². The highest BCUT2D eigenvalue weighted by Gasteiger charge is 2.35. The van der Waals surface area contributed by atoms with Crippen LogP contribution in [-0.4, -0.2) is 38.4 Å². The standard InChI is InChI=1S/C13H17F3N2O2S.ClH/c1-9-3-4-11(7-12(9)13(14,15)16)21(19,20)18-6-5-17-10(2)8-18;/h3-4,7,10,17H,5-6,8H2,1-2H3;1H. The quantitative estimate of drug-likeness (QED) is 0.883. The average molecular weight is 359 g/mol. The first kappa shape index (κ1) is 19.2. The van der Waals surface area contributed by atoms with Crippen LogP contribution in [0.3, 0.4) is 0 Å². The van der Waals surface area contributed by atoms with Crippen LogP contribution in [0.1, 0.15) is 18.1 Å². The van der Waals surface area contributed by atoms with Crippen LogP contribution in [0.15, 0.2) is 23.1 Å². The van der Waals surface area contributed by atoms with Crippen LogP contribution in [0.2, 0.25) is 0 Å². The smallest absolute Gasteiger partial charge is 0.312 e. The van der Waals surface area contributed by atoms with Crippen molar-refractivity contribution in [2.45, 2.75) is 31.0 Å². The van der Waals surface area contributed by atoms with Gasteiger partial charge in [-0.2, -0.15) is 17.5 Å². The predicted molar refractivity (Wildman–Crippen MR) is 79.7 cm³/mol. The molecule has 1 aromatic rings. The molecule has 0 aliphatic carbocycles. The van der Waals surface area contributed by atoms with Gasteiger partial charge in [0.2, 0.25) is 10.0 Å². The molecule has 0 bridgehead atoms. The number of sulfonamides is 1. The van der Waals surface area contributed by atoms with Crippen LogP contribution < -0.4 is 5.32 Å². The first-order valence-corrected chi connectivity index (χ1v) is 7.98. The number of piperazine rings is 1. The maximum atomic E-state index is 12.9. The third kappa shape index (κ3) is 3.92. The molecule has 1 unspecified atom stereocenters. The lowest BCUT2D eigenvalue weighted by molar-refractivity contribution is -0.138. The number of alkyl halides is 3. The van der Waals surface area contributed by atoms with Gasteiger partial charge in [0.1, 0.15) is 0 Å². The van der Waals surface area contributed by atoms with Gasteiger partial charge in [-0.3, -0.25) is 0 Å². The minimum Gasteiger partial charge on any atom is -0.312 e. The molecule has 9 heteroatoms. The summed E-state index contributed by atoms with van der Waals surface area (Å²) >= 11 is 0. The topological polar surface area (TPSA) is 49.4 Å². The molecule has 0 amide bonds. The molecule has 1 saturated heterocycles. The second-order valence-electron chi connectivity index (χ2n) is 5.19. The van der Waals surface area contributed by atoms with Crippen molar-refractivity contribution in [3.05, 3.63) is 29.3 Å². The van der Waals surface area contributed by atoms with Crippen LogP contribution in [0.4, 0.5) is 13.2 Å². The van der Waals surface area contributed by atoms with E-state index in [0.717, 1.165) is 6.07 Å². The lowest BCUT2D eigenvalue weighted by Gasteiger charge is -2.31. The maximum absolute atomic E-state index is 12.9. The lowest BCUT2D eigenvalue weighted by atomic mass is 10.1. The second-order valence-corrected chi connectivity index (χ2v) is 7.13. The molecule has 4 nitrogen and oxygen atoms in total. The summed E-state index contributed by atoms with van der Waals surface area (Å²) in [5.74, 6) is 0. The number of aryl methyl sites for hydroxylation is 1. The predicted octanol–water partition coefficient (Wildman–Crippen LogP) is 2.42. The van der Waals surface area contributed by atoms with E-state index in [2.05, 4.69) is 5.32 Å². The fourth-order valence-corrected chi connectivity index (χ4v) is 3.89. The SMILES string of the molecule is Cc1ccc(S(=O)(=O)N2CCNC(C)C2)cc1C(F)(F)F.Cl. The van der Waals surface area contributed by atoms with Gasteiger partial charge in [-0.15, -0.1) is 12.4 Å². The summed E-state index contributed by atoms with van der Waals surface area (Å²) in [6.07, 6.45) is -4.56. The molecule has 2 rings (SSSR count). The van der Waals surface area contributed by atoms with Gasteiger partial charge < -0.3 is 5.32 Å². The van der Waals surface area contributed by atoms with Crippen molar-refractivity contribution in [3.8, 4) is 0 Å². The van der Waals surface area contributed by atoms with Gasteiger partial charge >= 0.3 is 6.18 Å². The normalized spacial score (nSPS) is 20.5. The Kier molecular flexibility index (Phi) is 5.88. The minimum atomic E-state index is -4.56. The lowest BCUT2D eigenvalue weighted by Crippen LogP contribution is -2.51. The van der Waals surface area contributed by atoms with Crippen molar-refractivity contribution in [3.63, 3.8) is 0 Å². The largest absolute Gasteiger partial charge is 0.416 e. The molecule has 0 aromatic heterocycles. The van der Waals surface area contributed by atoms with Crippen LogP contribution in [0.5, 0.6) is 0 Å². The summed E-state index contributed by atoms with van der Waals surface area (Å²) in [5.41, 5.74) is -0.901. The Labute approximate surface area is 134 Å². The second kappa shape index (κ2) is 6.74. The van der Waals surface area contributed by atoms with Gasteiger partial charge in [0.25, 0.3) is 0 Å². The highest BCUT2D eigenvalue weighted by molar-refractivity contribution is 7.89. The molecule has 1 N–H and O–H groups in total. The highest BCUT2D eigenvalue weighted by Crippen LogP contribution is 2.33. The minimum absolute atomic E-state index is 0. The van der Waals surface area contributed by atoms with E-state index in [1.807, 2.05) is 6.92 Å². The Bertz CT molecular complexity index is 635. The fourth-order valence-electron chi connectivity index (χ4n) is 2.33. The Hall–Kier alpha value is -0.830. The third-order valence-electron chi connectivity index (χ3n) is 3.48. The van der Waals surface area contributed by atoms with Crippen LogP contribution in [-0.2, 0) is 16.2 Å². The van der Waals surface area contributed by atoms with Crippen molar-refractivity contribution < 1.29 is 21.6 Å². The van der Waals surface area contributed by atoms with E-state index < -0.39 is 21.8 Å². The zero-order valence-electron chi connectivity index (χ0n) is 12.1. The Morgan fingerprint density at radius 1 is 1.32 bits per heavy atom. The molecular weight excluding hydrogens is 341 g/mol. The van der Waals surface area contributed by atoms with Gasteiger partial charge in [-0.1, -0.05) is 6.07 Å². The van der Waals surface area contributed by atoms with E-state index in [4.69, 9.17) is 0 Å². The number of halogens is 4. The van der Waals surface area contributed by atoms with Crippen LogP contribution in [0, 0.1) is 6.92 Å². The van der Waals surface area contributed by atoms with E-state index >= 15 is 0 Å². The van der Waals surface area contributed by atoms with Gasteiger partial charge in [0.05, 0.1) is 10.5 Å². The summed E-state index contributed by atoms with van der Waals surface area (Å²) in [6, 6.07) is 3.12. The van der Waals surface area contributed by atoms with Gasteiger partial charge in [0, 0.05) is 25.7 Å². The van der Waals surface area contributed by atoms with Crippen LogP contribution in [0.25, 0.3) is 0 Å². The summed E-state index contributed by atoms with van der Waals surface area (Å²) in [7, 11) is -3.90. The van der Waals surface area contributed by atoms with Crippen LogP contribution >= 0.6 is 12.4 Å². The number of rotatable bonds is 2. The number of hydrogen-bond acceptors (Lipinski definition) is 3. The van der Waals surface area contributed by atoms with Gasteiger partial charge in [0.15, 0.2) is 0 Å². The summed E-state index contributed by atoms with van der Waals surface area (Å²) in [6.45, 7) is 4.13. The number of benzene rings is 1. The molecule has 126 valence electrons. The van der Waals surface area contributed by atoms with Gasteiger partial charge in [-0.25, -0.2) is 8.42 Å². The van der Waals surface area contributed by atoms with Gasteiger partial charge in [-0.05, 0) is 31.5 Å². The molecule has 1 aliphatic rings. The number of nitrogens with one attached hydrogen (secondary N) is 1. The molecule has 0 spiro atoms. The van der Waals surface area contributed by atoms with E-state index in [9.17, 15) is 21.6 Å². The zero-order valence-corrected chi connectivity index (χ0v) is 13.8. The number of hydrogen-bond donors (Lipinski definition) is 1.